The summed E-state index contributed by atoms with van der Waals surface area (Å²) in [6.45, 7) is 11.7. The van der Waals surface area contributed by atoms with Gasteiger partial charge in [-0.1, -0.05) is 20.3 Å². The highest BCUT2D eigenvalue weighted by atomic mass is 16.5. The maximum Gasteiger partial charge on any atom is 0.243 e. The van der Waals surface area contributed by atoms with Crippen LogP contribution >= 0.6 is 0 Å². The van der Waals surface area contributed by atoms with Crippen molar-refractivity contribution in [2.45, 2.75) is 51.7 Å². The Bertz CT molecular complexity index is 331. The highest BCUT2D eigenvalue weighted by Gasteiger charge is 2.45. The molecule has 0 aromatic rings. The second-order valence-electron chi connectivity index (χ2n) is 6.09. The molecule has 2 atom stereocenters. The van der Waals surface area contributed by atoms with E-state index in [1.54, 1.807) is 0 Å². The molecule has 20 heavy (non-hydrogen) atoms. The zero-order valence-corrected chi connectivity index (χ0v) is 13.2. The Morgan fingerprint density at radius 1 is 1.30 bits per heavy atom. The van der Waals surface area contributed by atoms with Crippen LogP contribution in [0.3, 0.4) is 0 Å². The fourth-order valence-electron chi connectivity index (χ4n) is 3.05. The van der Waals surface area contributed by atoms with Crippen molar-refractivity contribution in [3.8, 4) is 0 Å². The van der Waals surface area contributed by atoms with E-state index in [-0.39, 0.29) is 17.6 Å². The van der Waals surface area contributed by atoms with E-state index in [1.807, 2.05) is 6.92 Å². The Hall–Kier alpha value is -0.650. The van der Waals surface area contributed by atoms with Gasteiger partial charge in [0.05, 0.1) is 24.9 Å². The predicted molar refractivity (Wildman–Crippen MR) is 79.5 cm³/mol. The highest BCUT2D eigenvalue weighted by molar-refractivity contribution is 5.88. The fraction of sp³-hybridized carbons (Fsp3) is 0.933. The monoisotopic (exact) mass is 283 g/mol. The highest BCUT2D eigenvalue weighted by Crippen LogP contribution is 2.25. The SMILES string of the molecule is CCCC1NC(C)(CC)C(=O)N1CCN1CCOCC1. The van der Waals surface area contributed by atoms with E-state index in [0.717, 1.165) is 58.7 Å². The molecule has 2 aliphatic heterocycles. The molecule has 0 bridgehead atoms. The number of carbonyl (C=O) groups excluding carboxylic acids is 1. The maximum absolute atomic E-state index is 12.6. The van der Waals surface area contributed by atoms with Crippen molar-refractivity contribution in [2.24, 2.45) is 0 Å². The second kappa shape index (κ2) is 6.87. The molecule has 0 radical (unpaired) electrons. The molecule has 5 nitrogen and oxygen atoms in total. The quantitative estimate of drug-likeness (QED) is 0.791. The van der Waals surface area contributed by atoms with E-state index in [2.05, 4.69) is 29.0 Å². The van der Waals surface area contributed by atoms with Crippen molar-refractivity contribution in [1.29, 1.82) is 0 Å². The molecule has 0 spiro atoms. The minimum absolute atomic E-state index is 0.207. The summed E-state index contributed by atoms with van der Waals surface area (Å²) in [4.78, 5) is 17.1. The lowest BCUT2D eigenvalue weighted by Gasteiger charge is -2.30. The molecule has 5 heteroatoms. The molecular weight excluding hydrogens is 254 g/mol. The molecule has 2 heterocycles. The second-order valence-corrected chi connectivity index (χ2v) is 6.09. The molecule has 0 aromatic carbocycles. The Morgan fingerprint density at radius 2 is 2.00 bits per heavy atom. The van der Waals surface area contributed by atoms with Crippen LogP contribution in [0.4, 0.5) is 0 Å². The molecular formula is C15H29N3O2. The molecule has 0 aliphatic carbocycles. The van der Waals surface area contributed by atoms with Gasteiger partial charge in [-0.25, -0.2) is 0 Å². The number of amides is 1. The third-order valence-electron chi connectivity index (χ3n) is 4.62. The Kier molecular flexibility index (Phi) is 5.41. The Morgan fingerprint density at radius 3 is 2.60 bits per heavy atom. The molecule has 116 valence electrons. The number of hydrogen-bond donors (Lipinski definition) is 1. The van der Waals surface area contributed by atoms with Gasteiger partial charge in [-0.2, -0.15) is 0 Å². The number of morpholine rings is 1. The largest absolute Gasteiger partial charge is 0.379 e. The first-order valence-corrected chi connectivity index (χ1v) is 7.99. The Labute approximate surface area is 122 Å². The molecule has 1 amide bonds. The van der Waals surface area contributed by atoms with Crippen LogP contribution in [-0.4, -0.2) is 66.8 Å². The standard InChI is InChI=1S/C15H29N3O2/c1-4-6-13-16-15(3,5-2)14(19)18(13)8-7-17-9-11-20-12-10-17/h13,16H,4-12H2,1-3H3. The van der Waals surface area contributed by atoms with E-state index in [0.29, 0.717) is 0 Å². The first-order chi connectivity index (χ1) is 9.60. The zero-order chi connectivity index (χ0) is 14.6. The van der Waals surface area contributed by atoms with Crippen LogP contribution in [-0.2, 0) is 9.53 Å². The van der Waals surface area contributed by atoms with Crippen LogP contribution in [0.5, 0.6) is 0 Å². The van der Waals surface area contributed by atoms with Gasteiger partial charge >= 0.3 is 0 Å². The molecule has 0 saturated carbocycles. The Balaban J connectivity index is 1.93. The van der Waals surface area contributed by atoms with E-state index < -0.39 is 0 Å². The zero-order valence-electron chi connectivity index (χ0n) is 13.2. The average Bonchev–Trinajstić information content (AvgIpc) is 2.71. The number of ether oxygens (including phenoxy) is 1. The minimum atomic E-state index is -0.370. The van der Waals surface area contributed by atoms with Crippen molar-refractivity contribution in [2.75, 3.05) is 39.4 Å². The molecule has 1 N–H and O–H groups in total. The third kappa shape index (κ3) is 3.32. The van der Waals surface area contributed by atoms with E-state index in [4.69, 9.17) is 4.74 Å². The van der Waals surface area contributed by atoms with E-state index in [9.17, 15) is 4.79 Å². The lowest BCUT2D eigenvalue weighted by molar-refractivity contribution is -0.133. The van der Waals surface area contributed by atoms with Gasteiger partial charge in [-0.15, -0.1) is 0 Å². The number of nitrogens with one attached hydrogen (secondary N) is 1. The van der Waals surface area contributed by atoms with Crippen LogP contribution < -0.4 is 5.32 Å². The van der Waals surface area contributed by atoms with Crippen molar-refractivity contribution in [1.82, 2.24) is 15.1 Å². The van der Waals surface area contributed by atoms with Crippen molar-refractivity contribution < 1.29 is 9.53 Å². The van der Waals surface area contributed by atoms with Gasteiger partial charge < -0.3 is 9.64 Å². The summed E-state index contributed by atoms with van der Waals surface area (Å²) in [6.07, 6.45) is 3.18. The van der Waals surface area contributed by atoms with E-state index in [1.165, 1.54) is 0 Å². The van der Waals surface area contributed by atoms with Gasteiger partial charge in [0, 0.05) is 26.2 Å². The number of hydrogen-bond acceptors (Lipinski definition) is 4. The third-order valence-corrected chi connectivity index (χ3v) is 4.62. The average molecular weight is 283 g/mol. The lowest BCUT2D eigenvalue weighted by Crippen LogP contribution is -2.45. The summed E-state index contributed by atoms with van der Waals surface area (Å²) in [5, 5.41) is 3.54. The van der Waals surface area contributed by atoms with Gasteiger partial charge in [-0.3, -0.25) is 15.0 Å². The van der Waals surface area contributed by atoms with Crippen LogP contribution in [0, 0.1) is 0 Å². The smallest absolute Gasteiger partial charge is 0.243 e. The van der Waals surface area contributed by atoms with Crippen molar-refractivity contribution in [3.63, 3.8) is 0 Å². The molecule has 2 unspecified atom stereocenters. The molecule has 0 aromatic heterocycles. The van der Waals surface area contributed by atoms with Crippen molar-refractivity contribution in [3.05, 3.63) is 0 Å². The minimum Gasteiger partial charge on any atom is -0.379 e. The number of rotatable bonds is 6. The van der Waals surface area contributed by atoms with Gasteiger partial charge in [-0.05, 0) is 19.8 Å². The molecule has 2 fully saturated rings. The van der Waals surface area contributed by atoms with Gasteiger partial charge in [0.25, 0.3) is 0 Å². The summed E-state index contributed by atoms with van der Waals surface area (Å²) in [5.41, 5.74) is -0.370. The topological polar surface area (TPSA) is 44.8 Å². The fourth-order valence-corrected chi connectivity index (χ4v) is 3.05. The predicted octanol–water partition coefficient (Wildman–Crippen LogP) is 1.05. The van der Waals surface area contributed by atoms with Crippen molar-refractivity contribution >= 4 is 5.91 Å². The maximum atomic E-state index is 12.6. The normalized spacial score (nSPS) is 32.0. The van der Waals surface area contributed by atoms with Crippen LogP contribution in [0.1, 0.15) is 40.0 Å². The number of carbonyl (C=O) groups is 1. The lowest BCUT2D eigenvalue weighted by atomic mass is 9.99. The summed E-state index contributed by atoms with van der Waals surface area (Å²) >= 11 is 0. The molecule has 2 saturated heterocycles. The van der Waals surface area contributed by atoms with Crippen LogP contribution in [0.15, 0.2) is 0 Å². The summed E-state index contributed by atoms with van der Waals surface area (Å²) in [5.74, 6) is 0.270. The first kappa shape index (κ1) is 15.7. The van der Waals surface area contributed by atoms with E-state index >= 15 is 0 Å². The summed E-state index contributed by atoms with van der Waals surface area (Å²) < 4.78 is 5.37. The van der Waals surface area contributed by atoms with Crippen LogP contribution in [0.25, 0.3) is 0 Å². The molecule has 2 aliphatic rings. The molecule has 2 rings (SSSR count). The van der Waals surface area contributed by atoms with Crippen LogP contribution in [0.2, 0.25) is 0 Å². The number of nitrogens with zero attached hydrogens (tertiary/aromatic N) is 2. The first-order valence-electron chi connectivity index (χ1n) is 7.99. The summed E-state index contributed by atoms with van der Waals surface area (Å²) in [6, 6.07) is 0. The van der Waals surface area contributed by atoms with Gasteiger partial charge in [0.15, 0.2) is 0 Å². The summed E-state index contributed by atoms with van der Waals surface area (Å²) in [7, 11) is 0. The van der Waals surface area contributed by atoms with Gasteiger partial charge in [0.1, 0.15) is 0 Å². The van der Waals surface area contributed by atoms with Gasteiger partial charge in [0.2, 0.25) is 5.91 Å².